The van der Waals surface area contributed by atoms with Gasteiger partial charge in [0.05, 0.1) is 19.6 Å². The zero-order valence-corrected chi connectivity index (χ0v) is 7.59. The summed E-state index contributed by atoms with van der Waals surface area (Å²) in [4.78, 5) is 10.7. The maximum absolute atomic E-state index is 10.7. The second-order valence-corrected chi connectivity index (χ2v) is 2.41. The number of hydrogen-bond acceptors (Lipinski definition) is 3. The number of esters is 1. The van der Waals surface area contributed by atoms with Crippen molar-refractivity contribution in [1.29, 1.82) is 0 Å². The second kappa shape index (κ2) is 6.68. The molecule has 0 aromatic heterocycles. The third-order valence-corrected chi connectivity index (χ3v) is 1.56. The molecule has 68 valence electrons. The van der Waals surface area contributed by atoms with Crippen LogP contribution in [0, 0.1) is 12.3 Å². The smallest absolute Gasteiger partial charge is 0.306 e. The first kappa shape index (κ1) is 11.0. The van der Waals surface area contributed by atoms with Gasteiger partial charge in [0.2, 0.25) is 0 Å². The van der Waals surface area contributed by atoms with E-state index in [1.165, 1.54) is 7.11 Å². The standard InChI is InChI=1S/C9H15NO2/c1-4-8(5-2)10-7-6-9(11)12-3/h1,8,10H,5-7H2,2-3H3. The molecule has 0 aliphatic heterocycles. The summed E-state index contributed by atoms with van der Waals surface area (Å²) in [7, 11) is 1.38. The molecule has 0 amide bonds. The first-order chi connectivity index (χ1) is 5.74. The number of hydrogen-bond donors (Lipinski definition) is 1. The Hall–Kier alpha value is -1.01. The lowest BCUT2D eigenvalue weighted by Crippen LogP contribution is -2.29. The number of terminal acetylenes is 1. The summed E-state index contributed by atoms with van der Waals surface area (Å²) in [6.07, 6.45) is 6.45. The molecule has 1 unspecified atom stereocenters. The van der Waals surface area contributed by atoms with Crippen LogP contribution >= 0.6 is 0 Å². The Morgan fingerprint density at radius 3 is 2.83 bits per heavy atom. The van der Waals surface area contributed by atoms with E-state index in [2.05, 4.69) is 16.0 Å². The number of carbonyl (C=O) groups excluding carboxylic acids is 1. The molecule has 0 fully saturated rings. The molecule has 1 N–H and O–H groups in total. The van der Waals surface area contributed by atoms with Crippen molar-refractivity contribution in [3.8, 4) is 12.3 Å². The van der Waals surface area contributed by atoms with Gasteiger partial charge in [-0.2, -0.15) is 0 Å². The predicted molar refractivity (Wildman–Crippen MR) is 47.5 cm³/mol. The number of rotatable bonds is 5. The Morgan fingerprint density at radius 2 is 2.42 bits per heavy atom. The van der Waals surface area contributed by atoms with Crippen molar-refractivity contribution in [2.24, 2.45) is 0 Å². The zero-order chi connectivity index (χ0) is 9.40. The molecule has 0 bridgehead atoms. The van der Waals surface area contributed by atoms with Crippen LogP contribution in [0.4, 0.5) is 0 Å². The van der Waals surface area contributed by atoms with Crippen molar-refractivity contribution in [1.82, 2.24) is 5.32 Å². The van der Waals surface area contributed by atoms with Gasteiger partial charge in [0, 0.05) is 6.54 Å². The van der Waals surface area contributed by atoms with Crippen molar-refractivity contribution in [3.05, 3.63) is 0 Å². The van der Waals surface area contributed by atoms with Gasteiger partial charge in [-0.05, 0) is 6.42 Å². The van der Waals surface area contributed by atoms with Crippen LogP contribution < -0.4 is 5.32 Å². The van der Waals surface area contributed by atoms with Crippen LogP contribution in [-0.4, -0.2) is 25.7 Å². The fraction of sp³-hybridized carbons (Fsp3) is 0.667. The van der Waals surface area contributed by atoms with Gasteiger partial charge in [-0.1, -0.05) is 12.8 Å². The second-order valence-electron chi connectivity index (χ2n) is 2.41. The molecule has 0 aromatic carbocycles. The highest BCUT2D eigenvalue weighted by atomic mass is 16.5. The SMILES string of the molecule is C#CC(CC)NCCC(=O)OC. The largest absolute Gasteiger partial charge is 0.469 e. The van der Waals surface area contributed by atoms with Gasteiger partial charge in [0.15, 0.2) is 0 Å². The summed E-state index contributed by atoms with van der Waals surface area (Å²) in [6, 6.07) is 0.0645. The Balaban J connectivity index is 3.43. The van der Waals surface area contributed by atoms with Crippen molar-refractivity contribution >= 4 is 5.97 Å². The maximum atomic E-state index is 10.7. The van der Waals surface area contributed by atoms with Gasteiger partial charge in [-0.25, -0.2) is 0 Å². The molecule has 0 aromatic rings. The highest BCUT2D eigenvalue weighted by molar-refractivity contribution is 5.69. The number of methoxy groups -OCH3 is 1. The molecule has 0 rings (SSSR count). The van der Waals surface area contributed by atoms with E-state index < -0.39 is 0 Å². The van der Waals surface area contributed by atoms with E-state index in [0.717, 1.165) is 6.42 Å². The van der Waals surface area contributed by atoms with Gasteiger partial charge >= 0.3 is 5.97 Å². The predicted octanol–water partition coefficient (Wildman–Crippen LogP) is 0.551. The number of carbonyl (C=O) groups is 1. The molecule has 1 atom stereocenters. The van der Waals surface area contributed by atoms with Crippen LogP contribution in [0.15, 0.2) is 0 Å². The quantitative estimate of drug-likeness (QED) is 0.482. The first-order valence-corrected chi connectivity index (χ1v) is 4.00. The lowest BCUT2D eigenvalue weighted by Gasteiger charge is -2.08. The van der Waals surface area contributed by atoms with Crippen LogP contribution in [0.25, 0.3) is 0 Å². The van der Waals surface area contributed by atoms with Crippen molar-refractivity contribution in [3.63, 3.8) is 0 Å². The maximum Gasteiger partial charge on any atom is 0.306 e. The summed E-state index contributed by atoms with van der Waals surface area (Å²) in [5.74, 6) is 2.37. The molecule has 0 aliphatic carbocycles. The molecular weight excluding hydrogens is 154 g/mol. The van der Waals surface area contributed by atoms with Crippen molar-refractivity contribution in [2.45, 2.75) is 25.8 Å². The number of ether oxygens (including phenoxy) is 1. The highest BCUT2D eigenvalue weighted by Gasteiger charge is 2.02. The third-order valence-electron chi connectivity index (χ3n) is 1.56. The molecule has 0 spiro atoms. The zero-order valence-electron chi connectivity index (χ0n) is 7.59. The Labute approximate surface area is 73.5 Å². The fourth-order valence-corrected chi connectivity index (χ4v) is 0.772. The summed E-state index contributed by atoms with van der Waals surface area (Å²) in [5.41, 5.74) is 0. The summed E-state index contributed by atoms with van der Waals surface area (Å²) in [5, 5.41) is 3.05. The van der Waals surface area contributed by atoms with Crippen LogP contribution in [0.3, 0.4) is 0 Å². The van der Waals surface area contributed by atoms with Crippen LogP contribution in [0.1, 0.15) is 19.8 Å². The molecule has 0 heterocycles. The highest BCUT2D eigenvalue weighted by Crippen LogP contribution is 1.89. The van der Waals surface area contributed by atoms with E-state index in [1.807, 2.05) is 6.92 Å². The summed E-state index contributed by atoms with van der Waals surface area (Å²) >= 11 is 0. The Morgan fingerprint density at radius 1 is 1.75 bits per heavy atom. The van der Waals surface area contributed by atoms with Crippen LogP contribution in [0.5, 0.6) is 0 Å². The van der Waals surface area contributed by atoms with Gasteiger partial charge in [-0.15, -0.1) is 6.42 Å². The average Bonchev–Trinajstić information content (AvgIpc) is 2.12. The third kappa shape index (κ3) is 4.75. The van der Waals surface area contributed by atoms with Crippen LogP contribution in [-0.2, 0) is 9.53 Å². The van der Waals surface area contributed by atoms with Gasteiger partial charge < -0.3 is 10.1 Å². The van der Waals surface area contributed by atoms with E-state index in [0.29, 0.717) is 13.0 Å². The van der Waals surface area contributed by atoms with Crippen LogP contribution in [0.2, 0.25) is 0 Å². The minimum Gasteiger partial charge on any atom is -0.469 e. The van der Waals surface area contributed by atoms with Crippen molar-refractivity contribution in [2.75, 3.05) is 13.7 Å². The molecule has 12 heavy (non-hydrogen) atoms. The summed E-state index contributed by atoms with van der Waals surface area (Å²) in [6.45, 7) is 2.57. The normalized spacial score (nSPS) is 11.8. The van der Waals surface area contributed by atoms with Crippen molar-refractivity contribution < 1.29 is 9.53 Å². The molecule has 0 saturated carbocycles. The minimum absolute atomic E-state index is 0.0645. The van der Waals surface area contributed by atoms with E-state index in [1.54, 1.807) is 0 Å². The van der Waals surface area contributed by atoms with E-state index in [-0.39, 0.29) is 12.0 Å². The molecule has 0 radical (unpaired) electrons. The fourth-order valence-electron chi connectivity index (χ4n) is 0.772. The first-order valence-electron chi connectivity index (χ1n) is 4.00. The van der Waals surface area contributed by atoms with Gasteiger partial charge in [0.25, 0.3) is 0 Å². The molecule has 3 nitrogen and oxygen atoms in total. The van der Waals surface area contributed by atoms with E-state index >= 15 is 0 Å². The van der Waals surface area contributed by atoms with Gasteiger partial charge in [-0.3, -0.25) is 4.79 Å². The lowest BCUT2D eigenvalue weighted by molar-refractivity contribution is -0.140. The average molecular weight is 169 g/mol. The Bertz CT molecular complexity index is 172. The topological polar surface area (TPSA) is 38.3 Å². The molecule has 0 aliphatic rings. The lowest BCUT2D eigenvalue weighted by atomic mass is 10.2. The monoisotopic (exact) mass is 169 g/mol. The minimum atomic E-state index is -0.214. The summed E-state index contributed by atoms with van der Waals surface area (Å²) < 4.78 is 4.47. The number of nitrogens with one attached hydrogen (secondary N) is 1. The molecule has 3 heteroatoms. The molecule has 0 saturated heterocycles. The van der Waals surface area contributed by atoms with E-state index in [4.69, 9.17) is 6.42 Å². The van der Waals surface area contributed by atoms with Gasteiger partial charge in [0.1, 0.15) is 0 Å². The Kier molecular flexibility index (Phi) is 6.12. The van der Waals surface area contributed by atoms with E-state index in [9.17, 15) is 4.79 Å². The molecular formula is C9H15NO2.